The van der Waals surface area contributed by atoms with E-state index in [-0.39, 0.29) is 0 Å². The molecule has 0 aromatic carbocycles. The number of hydrogen-bond donors (Lipinski definition) is 1. The van der Waals surface area contributed by atoms with Crippen molar-refractivity contribution < 1.29 is 5.11 Å². The third-order valence-electron chi connectivity index (χ3n) is 0.629. The van der Waals surface area contributed by atoms with Crippen LogP contribution in [0, 0.1) is 0 Å². The van der Waals surface area contributed by atoms with Crippen LogP contribution in [0.4, 0.5) is 0 Å². The molecule has 0 aromatic heterocycles. The molecule has 0 radical (unpaired) electrons. The highest BCUT2D eigenvalue weighted by atomic mass is 35.5. The summed E-state index contributed by atoms with van der Waals surface area (Å²) in [5, 5.41) is 8.94. The van der Waals surface area contributed by atoms with Gasteiger partial charge in [-0.1, -0.05) is 35.9 Å². The highest BCUT2D eigenvalue weighted by Crippen LogP contribution is 2.02. The highest BCUT2D eigenvalue weighted by molar-refractivity contribution is 6.30. The predicted molar refractivity (Wildman–Crippen MR) is 40.6 cm³/mol. The van der Waals surface area contributed by atoms with Crippen molar-refractivity contribution in [2.75, 3.05) is 0 Å². The summed E-state index contributed by atoms with van der Waals surface area (Å²) in [6, 6.07) is 0. The van der Waals surface area contributed by atoms with Gasteiger partial charge in [-0.3, -0.25) is 0 Å². The fourth-order valence-electron chi connectivity index (χ4n) is 0.308. The van der Waals surface area contributed by atoms with E-state index in [9.17, 15) is 0 Å². The summed E-state index contributed by atoms with van der Waals surface area (Å²) in [7, 11) is 0. The summed E-state index contributed by atoms with van der Waals surface area (Å²) in [4.78, 5) is 0. The van der Waals surface area contributed by atoms with Crippen LogP contribution in [0.2, 0.25) is 0 Å². The van der Waals surface area contributed by atoms with Gasteiger partial charge in [-0.2, -0.15) is 0 Å². The molecular formula is C6H8Cl2O. The number of aliphatic hydroxyl groups is 1. The lowest BCUT2D eigenvalue weighted by molar-refractivity contribution is 0.260. The normalized spacial score (nSPS) is 14.1. The van der Waals surface area contributed by atoms with Gasteiger partial charge >= 0.3 is 0 Å². The fraction of sp³-hybridized carbons (Fsp3) is 0.333. The van der Waals surface area contributed by atoms with Gasteiger partial charge in [-0.25, -0.2) is 0 Å². The number of rotatable bonds is 3. The maximum atomic E-state index is 8.51. The molecule has 1 N–H and O–H groups in total. The molecule has 1 nitrogen and oxygen atoms in total. The van der Waals surface area contributed by atoms with Gasteiger partial charge in [0.2, 0.25) is 0 Å². The quantitative estimate of drug-likeness (QED) is 0.504. The largest absolute Gasteiger partial charge is 0.377 e. The van der Waals surface area contributed by atoms with E-state index < -0.39 is 5.56 Å². The molecule has 0 fully saturated rings. The van der Waals surface area contributed by atoms with Gasteiger partial charge in [0.25, 0.3) is 0 Å². The van der Waals surface area contributed by atoms with Crippen molar-refractivity contribution in [2.45, 2.75) is 12.0 Å². The van der Waals surface area contributed by atoms with E-state index in [0.29, 0.717) is 11.5 Å². The standard InChI is InChI=1S/C6H8Cl2O/c1-5(7)3-2-4-6(8)9/h2-3,6,9H,1,4H2/b3-2-. The lowest BCUT2D eigenvalue weighted by Crippen LogP contribution is -1.90. The SMILES string of the molecule is C=C(Cl)/C=C\CC(O)Cl. The molecule has 0 bridgehead atoms. The molecule has 0 saturated heterocycles. The van der Waals surface area contributed by atoms with Gasteiger partial charge in [0.1, 0.15) is 5.56 Å². The summed E-state index contributed by atoms with van der Waals surface area (Å²) < 4.78 is 0. The Morgan fingerprint density at radius 3 is 2.67 bits per heavy atom. The van der Waals surface area contributed by atoms with Gasteiger partial charge in [-0.05, 0) is 6.08 Å². The van der Waals surface area contributed by atoms with E-state index in [0.717, 1.165) is 0 Å². The number of aliphatic hydroxyl groups excluding tert-OH is 1. The summed E-state index contributed by atoms with van der Waals surface area (Å²) in [6.45, 7) is 3.41. The van der Waals surface area contributed by atoms with Crippen molar-refractivity contribution in [1.29, 1.82) is 0 Å². The molecule has 0 heterocycles. The molecule has 0 saturated carbocycles. The smallest absolute Gasteiger partial charge is 0.131 e. The Hall–Kier alpha value is 0.0200. The Balaban J connectivity index is 3.36. The first kappa shape index (κ1) is 9.02. The summed E-state index contributed by atoms with van der Waals surface area (Å²) >= 11 is 10.5. The Labute approximate surface area is 64.6 Å². The molecule has 0 aliphatic heterocycles. The van der Waals surface area contributed by atoms with Crippen LogP contribution in [0.25, 0.3) is 0 Å². The summed E-state index contributed by atoms with van der Waals surface area (Å²) in [5.41, 5.74) is -0.822. The average molecular weight is 167 g/mol. The summed E-state index contributed by atoms with van der Waals surface area (Å²) in [5.74, 6) is 0. The lowest BCUT2D eigenvalue weighted by Gasteiger charge is -1.92. The molecule has 0 amide bonds. The Morgan fingerprint density at radius 2 is 2.33 bits per heavy atom. The Morgan fingerprint density at radius 1 is 1.78 bits per heavy atom. The molecule has 0 spiro atoms. The molecule has 0 rings (SSSR count). The van der Waals surface area contributed by atoms with E-state index in [1.54, 1.807) is 12.2 Å². The molecule has 9 heavy (non-hydrogen) atoms. The van der Waals surface area contributed by atoms with Crippen LogP contribution in [-0.2, 0) is 0 Å². The van der Waals surface area contributed by atoms with Crippen LogP contribution in [0.5, 0.6) is 0 Å². The molecule has 1 unspecified atom stereocenters. The van der Waals surface area contributed by atoms with E-state index in [2.05, 4.69) is 6.58 Å². The third-order valence-corrected chi connectivity index (χ3v) is 0.933. The minimum absolute atomic E-state index is 0.396. The third kappa shape index (κ3) is 8.02. The van der Waals surface area contributed by atoms with Crippen LogP contribution >= 0.6 is 23.2 Å². The molecule has 3 heteroatoms. The van der Waals surface area contributed by atoms with Crippen molar-refractivity contribution in [2.24, 2.45) is 0 Å². The molecule has 0 aromatic rings. The zero-order chi connectivity index (χ0) is 7.28. The first-order valence-electron chi connectivity index (χ1n) is 2.46. The first-order chi connectivity index (χ1) is 4.13. The minimum Gasteiger partial charge on any atom is -0.377 e. The first-order valence-corrected chi connectivity index (χ1v) is 3.27. The average Bonchev–Trinajstić information content (AvgIpc) is 1.63. The van der Waals surface area contributed by atoms with Crippen LogP contribution in [0.3, 0.4) is 0 Å². The number of hydrogen-bond acceptors (Lipinski definition) is 1. The molecular weight excluding hydrogens is 159 g/mol. The van der Waals surface area contributed by atoms with Gasteiger partial charge in [0.15, 0.2) is 0 Å². The van der Waals surface area contributed by atoms with Crippen molar-refractivity contribution in [3.63, 3.8) is 0 Å². The van der Waals surface area contributed by atoms with Crippen molar-refractivity contribution >= 4 is 23.2 Å². The van der Waals surface area contributed by atoms with Crippen LogP contribution in [0.1, 0.15) is 6.42 Å². The fourth-order valence-corrected chi connectivity index (χ4v) is 0.500. The van der Waals surface area contributed by atoms with Gasteiger partial charge in [0.05, 0.1) is 0 Å². The van der Waals surface area contributed by atoms with E-state index in [1.807, 2.05) is 0 Å². The zero-order valence-electron chi connectivity index (χ0n) is 4.85. The second-order valence-electron chi connectivity index (χ2n) is 1.52. The molecule has 0 aliphatic rings. The number of allylic oxidation sites excluding steroid dienone is 2. The molecule has 0 aliphatic carbocycles. The van der Waals surface area contributed by atoms with E-state index in [4.69, 9.17) is 28.3 Å². The maximum Gasteiger partial charge on any atom is 0.131 e. The number of alkyl halides is 1. The highest BCUT2D eigenvalue weighted by Gasteiger charge is 1.90. The van der Waals surface area contributed by atoms with Crippen molar-refractivity contribution in [3.05, 3.63) is 23.8 Å². The van der Waals surface area contributed by atoms with E-state index >= 15 is 0 Å². The molecule has 52 valence electrons. The zero-order valence-corrected chi connectivity index (χ0v) is 6.36. The van der Waals surface area contributed by atoms with Gasteiger partial charge in [0, 0.05) is 11.5 Å². The lowest BCUT2D eigenvalue weighted by atomic mass is 10.4. The molecule has 1 atom stereocenters. The monoisotopic (exact) mass is 166 g/mol. The van der Waals surface area contributed by atoms with Crippen LogP contribution in [-0.4, -0.2) is 10.7 Å². The summed E-state index contributed by atoms with van der Waals surface area (Å²) in [6.07, 6.45) is 3.65. The predicted octanol–water partition coefficient (Wildman–Crippen LogP) is 2.24. The van der Waals surface area contributed by atoms with Crippen molar-refractivity contribution in [3.8, 4) is 0 Å². The minimum atomic E-state index is -0.822. The van der Waals surface area contributed by atoms with Crippen molar-refractivity contribution in [1.82, 2.24) is 0 Å². The van der Waals surface area contributed by atoms with Crippen LogP contribution < -0.4 is 0 Å². The second kappa shape index (κ2) is 4.86. The number of halogens is 2. The van der Waals surface area contributed by atoms with Gasteiger partial charge < -0.3 is 5.11 Å². The van der Waals surface area contributed by atoms with Gasteiger partial charge in [-0.15, -0.1) is 0 Å². The maximum absolute atomic E-state index is 8.51. The topological polar surface area (TPSA) is 20.2 Å². The van der Waals surface area contributed by atoms with Crippen LogP contribution in [0.15, 0.2) is 23.8 Å². The Kier molecular flexibility index (Phi) is 4.87. The Bertz CT molecular complexity index is 118. The second-order valence-corrected chi connectivity index (χ2v) is 2.51. The van der Waals surface area contributed by atoms with E-state index in [1.165, 1.54) is 0 Å².